The number of phenols is 2. The van der Waals surface area contributed by atoms with E-state index in [1.54, 1.807) is 13.8 Å². The van der Waals surface area contributed by atoms with Crippen LogP contribution in [-0.4, -0.2) is 39.8 Å². The fourth-order valence-corrected chi connectivity index (χ4v) is 2.12. The average molecular weight is 354 g/mol. The summed E-state index contributed by atoms with van der Waals surface area (Å²) in [4.78, 5) is 22.6. The van der Waals surface area contributed by atoms with Crippen molar-refractivity contribution in [3.05, 3.63) is 27.8 Å². The van der Waals surface area contributed by atoms with Crippen molar-refractivity contribution in [3.63, 3.8) is 0 Å². The first-order valence-corrected chi connectivity index (χ1v) is 8.16. The fraction of sp³-hybridized carbons (Fsp3) is 0.588. The highest BCUT2D eigenvalue weighted by molar-refractivity contribution is 5.84. The van der Waals surface area contributed by atoms with Crippen LogP contribution in [0, 0.1) is 16.0 Å². The van der Waals surface area contributed by atoms with Crippen LogP contribution in [0.3, 0.4) is 0 Å². The molecule has 0 heterocycles. The highest BCUT2D eigenvalue weighted by Gasteiger charge is 2.28. The highest BCUT2D eigenvalue weighted by Crippen LogP contribution is 2.32. The summed E-state index contributed by atoms with van der Waals surface area (Å²) >= 11 is 0. The first-order valence-electron chi connectivity index (χ1n) is 8.16. The minimum absolute atomic E-state index is 0.137. The lowest BCUT2D eigenvalue weighted by Crippen LogP contribution is -2.45. The molecule has 0 spiro atoms. The average Bonchev–Trinajstić information content (AvgIpc) is 2.49. The molecule has 0 saturated carbocycles. The Morgan fingerprint density at radius 3 is 2.48 bits per heavy atom. The zero-order valence-electron chi connectivity index (χ0n) is 15.0. The largest absolute Gasteiger partial charge is 0.504 e. The van der Waals surface area contributed by atoms with Gasteiger partial charge in [-0.15, -0.1) is 0 Å². The van der Waals surface area contributed by atoms with Crippen molar-refractivity contribution in [2.45, 2.75) is 46.1 Å². The van der Waals surface area contributed by atoms with Crippen molar-refractivity contribution in [2.24, 2.45) is 5.92 Å². The molecule has 0 radical (unpaired) electrons. The number of ether oxygens (including phenoxy) is 1. The SMILES string of the molecule is CC(C)CCOC(C)(C)C(=O)NCCc1cc(O)c(O)cc1[N+](=O)[O-]. The summed E-state index contributed by atoms with van der Waals surface area (Å²) in [6, 6.07) is 2.02. The van der Waals surface area contributed by atoms with Crippen molar-refractivity contribution >= 4 is 11.6 Å². The quantitative estimate of drug-likeness (QED) is 0.356. The number of amides is 1. The molecule has 1 aromatic rings. The molecule has 0 fully saturated rings. The van der Waals surface area contributed by atoms with E-state index >= 15 is 0 Å². The van der Waals surface area contributed by atoms with E-state index in [1.807, 2.05) is 0 Å². The highest BCUT2D eigenvalue weighted by atomic mass is 16.6. The molecule has 0 aliphatic carbocycles. The Balaban J connectivity index is 2.63. The first kappa shape index (κ1) is 20.7. The Morgan fingerprint density at radius 2 is 1.92 bits per heavy atom. The zero-order chi connectivity index (χ0) is 19.2. The second kappa shape index (κ2) is 8.66. The number of nitro benzene ring substituents is 1. The van der Waals surface area contributed by atoms with Gasteiger partial charge in [-0.1, -0.05) is 13.8 Å². The van der Waals surface area contributed by atoms with Gasteiger partial charge < -0.3 is 20.3 Å². The third-order valence-corrected chi connectivity index (χ3v) is 3.76. The molecule has 0 aliphatic rings. The molecular weight excluding hydrogens is 328 g/mol. The number of rotatable bonds is 9. The molecule has 0 unspecified atom stereocenters. The second-order valence-corrected chi connectivity index (χ2v) is 6.77. The standard InChI is InChI=1S/C17H26N2O6/c1-11(2)6-8-25-17(3,4)16(22)18-7-5-12-9-14(20)15(21)10-13(12)19(23)24/h9-11,20-21H,5-8H2,1-4H3,(H,18,22). The lowest BCUT2D eigenvalue weighted by Gasteiger charge is -2.24. The summed E-state index contributed by atoms with van der Waals surface area (Å²) in [5.41, 5.74) is -1.09. The van der Waals surface area contributed by atoms with Crippen LogP contribution in [0.4, 0.5) is 5.69 Å². The summed E-state index contributed by atoms with van der Waals surface area (Å²) in [6.45, 7) is 8.07. The van der Waals surface area contributed by atoms with Crippen molar-refractivity contribution < 1.29 is 24.7 Å². The number of aromatic hydroxyl groups is 2. The van der Waals surface area contributed by atoms with Gasteiger partial charge in [0.25, 0.3) is 11.6 Å². The first-order chi connectivity index (χ1) is 11.5. The molecule has 8 heteroatoms. The lowest BCUT2D eigenvalue weighted by atomic mass is 10.1. The Labute approximate surface area is 147 Å². The normalized spacial score (nSPS) is 11.6. The van der Waals surface area contributed by atoms with Crippen molar-refractivity contribution in [2.75, 3.05) is 13.2 Å². The minimum Gasteiger partial charge on any atom is -0.504 e. The maximum absolute atomic E-state index is 12.2. The van der Waals surface area contributed by atoms with Crippen LogP contribution < -0.4 is 5.32 Å². The van der Waals surface area contributed by atoms with E-state index in [1.165, 1.54) is 0 Å². The molecule has 1 aromatic carbocycles. The lowest BCUT2D eigenvalue weighted by molar-refractivity contribution is -0.385. The number of carbonyl (C=O) groups excluding carboxylic acids is 1. The van der Waals surface area contributed by atoms with Gasteiger partial charge in [0, 0.05) is 18.7 Å². The van der Waals surface area contributed by atoms with Crippen molar-refractivity contribution in [1.29, 1.82) is 0 Å². The summed E-state index contributed by atoms with van der Waals surface area (Å²) < 4.78 is 5.61. The van der Waals surface area contributed by atoms with E-state index in [0.29, 0.717) is 12.5 Å². The van der Waals surface area contributed by atoms with Crippen molar-refractivity contribution in [1.82, 2.24) is 5.32 Å². The number of phenolic OH excluding ortho intramolecular Hbond substituents is 2. The van der Waals surface area contributed by atoms with Gasteiger partial charge in [0.05, 0.1) is 11.0 Å². The number of hydrogen-bond donors (Lipinski definition) is 3. The molecule has 0 atom stereocenters. The van der Waals surface area contributed by atoms with Crippen LogP contribution in [0.1, 0.15) is 39.7 Å². The molecule has 3 N–H and O–H groups in total. The van der Waals surface area contributed by atoms with Gasteiger partial charge in [-0.25, -0.2) is 0 Å². The van der Waals surface area contributed by atoms with Crippen molar-refractivity contribution in [3.8, 4) is 11.5 Å². The van der Waals surface area contributed by atoms with E-state index in [9.17, 15) is 25.1 Å². The topological polar surface area (TPSA) is 122 Å². The summed E-state index contributed by atoms with van der Waals surface area (Å²) in [6.07, 6.45) is 0.980. The molecular formula is C17H26N2O6. The van der Waals surface area contributed by atoms with Gasteiger partial charge >= 0.3 is 0 Å². The maximum atomic E-state index is 12.2. The third-order valence-electron chi connectivity index (χ3n) is 3.76. The van der Waals surface area contributed by atoms with Gasteiger partial charge in [0.15, 0.2) is 11.5 Å². The summed E-state index contributed by atoms with van der Waals surface area (Å²) in [5, 5.41) is 32.6. The molecule has 1 amide bonds. The number of nitrogens with one attached hydrogen (secondary N) is 1. The van der Waals surface area contributed by atoms with E-state index in [0.717, 1.165) is 18.6 Å². The molecule has 0 bridgehead atoms. The maximum Gasteiger partial charge on any atom is 0.276 e. The van der Waals surface area contributed by atoms with Crippen LogP contribution >= 0.6 is 0 Å². The Morgan fingerprint density at radius 1 is 1.32 bits per heavy atom. The Bertz CT molecular complexity index is 628. The summed E-state index contributed by atoms with van der Waals surface area (Å²) in [7, 11) is 0. The number of nitrogens with zero attached hydrogens (tertiary/aromatic N) is 1. The molecule has 140 valence electrons. The Hall–Kier alpha value is -2.35. The molecule has 0 aliphatic heterocycles. The van der Waals surface area contributed by atoms with Gasteiger partial charge in [-0.05, 0) is 38.7 Å². The number of benzene rings is 1. The Kier molecular flexibility index (Phi) is 7.17. The zero-order valence-corrected chi connectivity index (χ0v) is 15.0. The molecule has 0 saturated heterocycles. The van der Waals surface area contributed by atoms with E-state index < -0.39 is 22.0 Å². The van der Waals surface area contributed by atoms with Gasteiger partial charge in [0.2, 0.25) is 0 Å². The second-order valence-electron chi connectivity index (χ2n) is 6.77. The van der Waals surface area contributed by atoms with Gasteiger partial charge in [-0.3, -0.25) is 14.9 Å². The molecule has 25 heavy (non-hydrogen) atoms. The monoisotopic (exact) mass is 354 g/mol. The molecule has 1 rings (SSSR count). The number of carbonyl (C=O) groups is 1. The predicted octanol–water partition coefficient (Wildman–Crippen LogP) is 2.51. The predicted molar refractivity (Wildman–Crippen MR) is 92.6 cm³/mol. The van der Waals surface area contributed by atoms with Gasteiger partial charge in [0.1, 0.15) is 5.60 Å². The van der Waals surface area contributed by atoms with Crippen LogP contribution in [-0.2, 0) is 16.0 Å². The van der Waals surface area contributed by atoms with Crippen LogP contribution in [0.5, 0.6) is 11.5 Å². The van der Waals surface area contributed by atoms with Crippen LogP contribution in [0.2, 0.25) is 0 Å². The molecule has 0 aromatic heterocycles. The number of hydrogen-bond acceptors (Lipinski definition) is 6. The van der Waals surface area contributed by atoms with Crippen LogP contribution in [0.15, 0.2) is 12.1 Å². The fourth-order valence-electron chi connectivity index (χ4n) is 2.12. The smallest absolute Gasteiger partial charge is 0.276 e. The van der Waals surface area contributed by atoms with E-state index in [4.69, 9.17) is 4.74 Å². The van der Waals surface area contributed by atoms with Crippen LogP contribution in [0.25, 0.3) is 0 Å². The summed E-state index contributed by atoms with van der Waals surface area (Å²) in [5.74, 6) is -0.841. The third kappa shape index (κ3) is 6.22. The number of nitro groups is 1. The molecule has 8 nitrogen and oxygen atoms in total. The van der Waals surface area contributed by atoms with E-state index in [-0.39, 0.29) is 30.1 Å². The van der Waals surface area contributed by atoms with E-state index in [2.05, 4.69) is 19.2 Å². The minimum atomic E-state index is -1.00. The van der Waals surface area contributed by atoms with Gasteiger partial charge in [-0.2, -0.15) is 0 Å².